The molecule has 4 nitrogen and oxygen atoms in total. The molecule has 0 spiro atoms. The van der Waals surface area contributed by atoms with E-state index in [1.165, 1.54) is 0 Å². The van der Waals surface area contributed by atoms with Gasteiger partial charge in [-0.1, -0.05) is 23.2 Å². The number of pyridine rings is 1. The molecule has 1 aromatic carbocycles. The molecule has 1 saturated heterocycles. The van der Waals surface area contributed by atoms with Gasteiger partial charge in [-0.05, 0) is 48.7 Å². The number of fused-ring (bicyclic) bond motifs is 1. The van der Waals surface area contributed by atoms with Gasteiger partial charge in [0.15, 0.2) is 0 Å². The average molecular weight is 422 g/mol. The number of halogens is 2. The Bertz CT molecular complexity index is 849. The first-order valence-corrected chi connectivity index (χ1v) is 10.9. The van der Waals surface area contributed by atoms with Gasteiger partial charge in [0.25, 0.3) is 0 Å². The van der Waals surface area contributed by atoms with Crippen LogP contribution in [0.5, 0.6) is 0 Å². The minimum absolute atomic E-state index is 0.0413. The number of nitrogens with zero attached hydrogens (tertiary/aromatic N) is 3. The fourth-order valence-corrected chi connectivity index (χ4v) is 5.83. The smallest absolute Gasteiger partial charge is 0.238 e. The lowest BCUT2D eigenvalue weighted by molar-refractivity contribution is -0.133. The molecule has 1 fully saturated rings. The molecule has 0 unspecified atom stereocenters. The first kappa shape index (κ1) is 18.9. The Kier molecular flexibility index (Phi) is 5.53. The number of rotatable bonds is 2. The van der Waals surface area contributed by atoms with E-state index >= 15 is 0 Å². The van der Waals surface area contributed by atoms with E-state index in [1.54, 1.807) is 24.0 Å². The van der Waals surface area contributed by atoms with Crippen LogP contribution in [0.4, 0.5) is 5.69 Å². The lowest BCUT2D eigenvalue weighted by Gasteiger charge is -2.40. The number of thioether (sulfide) groups is 1. The maximum Gasteiger partial charge on any atom is 0.238 e. The van der Waals surface area contributed by atoms with Gasteiger partial charge in [0.1, 0.15) is 5.25 Å². The Morgan fingerprint density at radius 3 is 2.93 bits per heavy atom. The van der Waals surface area contributed by atoms with Crippen molar-refractivity contribution in [2.24, 2.45) is 0 Å². The molecule has 2 aromatic rings. The standard InChI is InChI=1S/C20H21Cl2N3OS/c1-13-19-14(9-15(21)10-17(19)22)4-6-25(13)20(26)18-12-24(7-8-27-18)16-3-2-5-23-11-16/h2-3,5,9-11,13,18H,4,6-8,12H2,1H3/t13-,18+/m1/s1. The highest BCUT2D eigenvalue weighted by Crippen LogP contribution is 2.38. The summed E-state index contributed by atoms with van der Waals surface area (Å²) in [5, 5.41) is 1.23. The molecular formula is C20H21Cl2N3OS. The van der Waals surface area contributed by atoms with Crippen LogP contribution in [0.25, 0.3) is 0 Å². The van der Waals surface area contributed by atoms with Crippen LogP contribution in [0, 0.1) is 0 Å². The van der Waals surface area contributed by atoms with E-state index in [0.717, 1.165) is 35.5 Å². The predicted octanol–water partition coefficient (Wildman–Crippen LogP) is 4.46. The second-order valence-corrected chi connectivity index (χ2v) is 9.09. The number of carbonyl (C=O) groups excluding carboxylic acids is 1. The quantitative estimate of drug-likeness (QED) is 0.716. The summed E-state index contributed by atoms with van der Waals surface area (Å²) >= 11 is 14.4. The van der Waals surface area contributed by atoms with E-state index in [9.17, 15) is 4.79 Å². The number of anilines is 1. The summed E-state index contributed by atoms with van der Waals surface area (Å²) in [5.74, 6) is 1.12. The van der Waals surface area contributed by atoms with Crippen LogP contribution in [0.3, 0.4) is 0 Å². The fraction of sp³-hybridized carbons (Fsp3) is 0.400. The van der Waals surface area contributed by atoms with Crippen molar-refractivity contribution in [3.8, 4) is 0 Å². The van der Waals surface area contributed by atoms with E-state index in [2.05, 4.69) is 16.8 Å². The van der Waals surface area contributed by atoms with E-state index < -0.39 is 0 Å². The van der Waals surface area contributed by atoms with Crippen molar-refractivity contribution in [2.45, 2.75) is 24.6 Å². The zero-order chi connectivity index (χ0) is 19.0. The topological polar surface area (TPSA) is 36.4 Å². The molecule has 0 radical (unpaired) electrons. The normalized spacial score (nSPS) is 22.5. The molecule has 0 saturated carbocycles. The number of hydrogen-bond donors (Lipinski definition) is 0. The van der Waals surface area contributed by atoms with E-state index in [0.29, 0.717) is 23.1 Å². The number of amides is 1. The molecule has 2 atom stereocenters. The minimum Gasteiger partial charge on any atom is -0.368 e. The molecule has 3 heterocycles. The molecule has 27 heavy (non-hydrogen) atoms. The molecule has 1 aromatic heterocycles. The van der Waals surface area contributed by atoms with Gasteiger partial charge >= 0.3 is 0 Å². The maximum atomic E-state index is 13.3. The van der Waals surface area contributed by atoms with Crippen molar-refractivity contribution >= 4 is 46.6 Å². The van der Waals surface area contributed by atoms with Crippen molar-refractivity contribution in [1.29, 1.82) is 0 Å². The highest BCUT2D eigenvalue weighted by Gasteiger charge is 2.35. The summed E-state index contributed by atoms with van der Waals surface area (Å²) < 4.78 is 0. The first-order valence-electron chi connectivity index (χ1n) is 9.09. The summed E-state index contributed by atoms with van der Waals surface area (Å²) in [6.45, 7) is 4.40. The molecule has 4 rings (SSSR count). The third kappa shape index (κ3) is 3.78. The highest BCUT2D eigenvalue weighted by atomic mass is 35.5. The third-order valence-electron chi connectivity index (χ3n) is 5.32. The zero-order valence-corrected chi connectivity index (χ0v) is 17.4. The summed E-state index contributed by atoms with van der Waals surface area (Å²) in [7, 11) is 0. The van der Waals surface area contributed by atoms with Crippen LogP contribution in [0.1, 0.15) is 24.1 Å². The predicted molar refractivity (Wildman–Crippen MR) is 113 cm³/mol. The molecule has 2 aliphatic rings. The SMILES string of the molecule is C[C@@H]1c2c(Cl)cc(Cl)cc2CCN1C(=O)[C@@H]1CN(c2cccnc2)CCS1. The monoisotopic (exact) mass is 421 g/mol. The Hall–Kier alpha value is -1.43. The summed E-state index contributed by atoms with van der Waals surface area (Å²) in [6, 6.07) is 7.69. The molecule has 1 amide bonds. The number of hydrogen-bond acceptors (Lipinski definition) is 4. The van der Waals surface area contributed by atoms with Crippen LogP contribution in [-0.2, 0) is 11.2 Å². The van der Waals surface area contributed by atoms with Gasteiger partial charge in [-0.25, -0.2) is 0 Å². The Labute approximate surface area is 173 Å². The molecule has 0 aliphatic carbocycles. The third-order valence-corrected chi connectivity index (χ3v) is 7.03. The minimum atomic E-state index is -0.0750. The summed E-state index contributed by atoms with van der Waals surface area (Å²) in [5.41, 5.74) is 3.26. The molecule has 0 bridgehead atoms. The van der Waals surface area contributed by atoms with Gasteiger partial charge in [-0.2, -0.15) is 0 Å². The number of aromatic nitrogens is 1. The van der Waals surface area contributed by atoms with E-state index in [4.69, 9.17) is 23.2 Å². The van der Waals surface area contributed by atoms with Gasteiger partial charge in [-0.15, -0.1) is 11.8 Å². The fourth-order valence-electron chi connectivity index (χ4n) is 3.96. The van der Waals surface area contributed by atoms with Crippen LogP contribution in [0.15, 0.2) is 36.7 Å². The van der Waals surface area contributed by atoms with Crippen molar-refractivity contribution in [3.63, 3.8) is 0 Å². The Morgan fingerprint density at radius 2 is 2.15 bits per heavy atom. The van der Waals surface area contributed by atoms with Crippen molar-refractivity contribution in [2.75, 3.05) is 30.3 Å². The van der Waals surface area contributed by atoms with E-state index in [1.807, 2.05) is 29.3 Å². The lowest BCUT2D eigenvalue weighted by atomic mass is 9.93. The highest BCUT2D eigenvalue weighted by molar-refractivity contribution is 8.00. The van der Waals surface area contributed by atoms with Crippen molar-refractivity contribution in [3.05, 3.63) is 57.8 Å². The molecule has 142 valence electrons. The van der Waals surface area contributed by atoms with Gasteiger partial charge in [0, 0.05) is 41.6 Å². The maximum absolute atomic E-state index is 13.3. The van der Waals surface area contributed by atoms with Gasteiger partial charge in [0.2, 0.25) is 5.91 Å². The molecule has 2 aliphatic heterocycles. The summed E-state index contributed by atoms with van der Waals surface area (Å²) in [6.07, 6.45) is 4.42. The second kappa shape index (κ2) is 7.90. The Balaban J connectivity index is 1.52. The first-order chi connectivity index (χ1) is 13.0. The van der Waals surface area contributed by atoms with Crippen LogP contribution < -0.4 is 4.90 Å². The van der Waals surface area contributed by atoms with Gasteiger partial charge in [0.05, 0.1) is 17.9 Å². The van der Waals surface area contributed by atoms with Crippen LogP contribution in [-0.4, -0.2) is 46.4 Å². The Morgan fingerprint density at radius 1 is 1.30 bits per heavy atom. The zero-order valence-electron chi connectivity index (χ0n) is 15.1. The largest absolute Gasteiger partial charge is 0.368 e. The van der Waals surface area contributed by atoms with Gasteiger partial charge in [-0.3, -0.25) is 9.78 Å². The van der Waals surface area contributed by atoms with Crippen molar-refractivity contribution in [1.82, 2.24) is 9.88 Å². The number of carbonyl (C=O) groups is 1. The summed E-state index contributed by atoms with van der Waals surface area (Å²) in [4.78, 5) is 21.8. The number of benzene rings is 1. The van der Waals surface area contributed by atoms with Gasteiger partial charge < -0.3 is 9.80 Å². The molecule has 0 N–H and O–H groups in total. The van der Waals surface area contributed by atoms with Crippen LogP contribution >= 0.6 is 35.0 Å². The van der Waals surface area contributed by atoms with E-state index in [-0.39, 0.29) is 17.2 Å². The molecular weight excluding hydrogens is 401 g/mol. The van der Waals surface area contributed by atoms with Crippen LogP contribution in [0.2, 0.25) is 10.0 Å². The lowest BCUT2D eigenvalue weighted by Crippen LogP contribution is -2.49. The molecule has 7 heteroatoms. The average Bonchev–Trinajstić information content (AvgIpc) is 2.68. The van der Waals surface area contributed by atoms with Crippen molar-refractivity contribution < 1.29 is 4.79 Å². The second-order valence-electron chi connectivity index (χ2n) is 6.93.